The van der Waals surface area contributed by atoms with Gasteiger partial charge in [0.25, 0.3) is 0 Å². The van der Waals surface area contributed by atoms with Gasteiger partial charge in [-0.2, -0.15) is 0 Å². The first-order valence-electron chi connectivity index (χ1n) is 5.19. The van der Waals surface area contributed by atoms with Gasteiger partial charge in [0, 0.05) is 10.9 Å². The van der Waals surface area contributed by atoms with Crippen molar-refractivity contribution in [1.29, 1.82) is 0 Å². The predicted molar refractivity (Wildman–Crippen MR) is 68.6 cm³/mol. The molecular weight excluding hydrogens is 283 g/mol. The highest BCUT2D eigenvalue weighted by Gasteiger charge is 2.15. The Labute approximate surface area is 107 Å². The highest BCUT2D eigenvalue weighted by Crippen LogP contribution is 2.21. The molecule has 0 radical (unpaired) electrons. The number of ketones is 1. The van der Waals surface area contributed by atoms with Crippen LogP contribution in [0.25, 0.3) is 0 Å². The molecule has 0 aliphatic heterocycles. The smallest absolute Gasteiger partial charge is 0.171 e. The van der Waals surface area contributed by atoms with Gasteiger partial charge in [-0.1, -0.05) is 36.4 Å². The summed E-state index contributed by atoms with van der Waals surface area (Å²) in [5.74, 6) is -0.707. The topological polar surface area (TPSA) is 17.1 Å². The lowest BCUT2D eigenvalue weighted by molar-refractivity contribution is 0.0988. The van der Waals surface area contributed by atoms with Crippen molar-refractivity contribution in [3.8, 4) is 0 Å². The van der Waals surface area contributed by atoms with Gasteiger partial charge in [0.15, 0.2) is 5.78 Å². The Kier molecular flexibility index (Phi) is 3.69. The van der Waals surface area contributed by atoms with Gasteiger partial charge in [-0.3, -0.25) is 4.79 Å². The van der Waals surface area contributed by atoms with Crippen molar-refractivity contribution in [2.45, 2.75) is 6.42 Å². The summed E-state index contributed by atoms with van der Waals surface area (Å²) in [5, 5.41) is 0. The number of hydrogen-bond acceptors (Lipinski definition) is 1. The number of hydrogen-bond donors (Lipinski definition) is 0. The maximum absolute atomic E-state index is 13.6. The Morgan fingerprint density at radius 1 is 1.06 bits per heavy atom. The van der Waals surface area contributed by atoms with Crippen LogP contribution in [0.3, 0.4) is 0 Å². The number of Topliss-reactive ketones (excluding diaryl/α,β-unsaturated/α-hetero) is 1. The summed E-state index contributed by atoms with van der Waals surface area (Å²) in [4.78, 5) is 12.0. The molecule has 2 aromatic carbocycles. The Hall–Kier alpha value is -1.48. The highest BCUT2D eigenvalue weighted by atomic mass is 79.9. The molecule has 0 saturated carbocycles. The molecule has 0 saturated heterocycles. The standard InChI is InChI=1S/C14H10BrFO/c15-11-7-4-8-12(16)14(11)13(17)9-10-5-2-1-3-6-10/h1-8H,9H2. The summed E-state index contributed by atoms with van der Waals surface area (Å²) in [6, 6.07) is 13.8. The molecule has 0 spiro atoms. The molecule has 0 amide bonds. The maximum Gasteiger partial charge on any atom is 0.171 e. The highest BCUT2D eigenvalue weighted by molar-refractivity contribution is 9.10. The maximum atomic E-state index is 13.6. The first-order valence-corrected chi connectivity index (χ1v) is 5.99. The second kappa shape index (κ2) is 5.23. The van der Waals surface area contributed by atoms with Gasteiger partial charge in [0.2, 0.25) is 0 Å². The van der Waals surface area contributed by atoms with E-state index in [-0.39, 0.29) is 17.8 Å². The third-order valence-electron chi connectivity index (χ3n) is 2.45. The fourth-order valence-corrected chi connectivity index (χ4v) is 2.20. The molecule has 0 bridgehead atoms. The van der Waals surface area contributed by atoms with Crippen molar-refractivity contribution in [2.75, 3.05) is 0 Å². The van der Waals surface area contributed by atoms with Crippen LogP contribution >= 0.6 is 15.9 Å². The molecule has 0 aromatic heterocycles. The van der Waals surface area contributed by atoms with Gasteiger partial charge < -0.3 is 0 Å². The van der Waals surface area contributed by atoms with Crippen molar-refractivity contribution in [2.24, 2.45) is 0 Å². The summed E-state index contributed by atoms with van der Waals surface area (Å²) in [6.07, 6.45) is 0.209. The Morgan fingerprint density at radius 2 is 1.76 bits per heavy atom. The number of carbonyl (C=O) groups excluding carboxylic acids is 1. The summed E-state index contributed by atoms with van der Waals surface area (Å²) >= 11 is 3.20. The number of benzene rings is 2. The molecule has 0 aliphatic carbocycles. The number of carbonyl (C=O) groups is 1. The van der Waals surface area contributed by atoms with E-state index in [9.17, 15) is 9.18 Å². The summed E-state index contributed by atoms with van der Waals surface area (Å²) in [7, 11) is 0. The molecule has 86 valence electrons. The number of rotatable bonds is 3. The predicted octanol–water partition coefficient (Wildman–Crippen LogP) is 4.01. The second-order valence-electron chi connectivity index (χ2n) is 3.68. The lowest BCUT2D eigenvalue weighted by atomic mass is 10.0. The zero-order valence-corrected chi connectivity index (χ0v) is 10.6. The van der Waals surface area contributed by atoms with Crippen LogP contribution in [-0.2, 0) is 6.42 Å². The SMILES string of the molecule is O=C(Cc1ccccc1)c1c(F)cccc1Br. The zero-order chi connectivity index (χ0) is 12.3. The van der Waals surface area contributed by atoms with E-state index in [1.165, 1.54) is 6.07 Å². The van der Waals surface area contributed by atoms with Gasteiger partial charge in [0.1, 0.15) is 5.82 Å². The second-order valence-corrected chi connectivity index (χ2v) is 4.54. The quantitative estimate of drug-likeness (QED) is 0.781. The van der Waals surface area contributed by atoms with E-state index in [1.807, 2.05) is 30.3 Å². The summed E-state index contributed by atoms with van der Waals surface area (Å²) in [5.41, 5.74) is 1.00. The van der Waals surface area contributed by atoms with E-state index in [1.54, 1.807) is 12.1 Å². The van der Waals surface area contributed by atoms with Gasteiger partial charge in [-0.15, -0.1) is 0 Å². The van der Waals surface area contributed by atoms with Gasteiger partial charge in [-0.05, 0) is 33.6 Å². The van der Waals surface area contributed by atoms with Crippen molar-refractivity contribution in [1.82, 2.24) is 0 Å². The molecule has 3 heteroatoms. The molecule has 0 fully saturated rings. The normalized spacial score (nSPS) is 10.2. The molecule has 0 aliphatic rings. The monoisotopic (exact) mass is 292 g/mol. The van der Waals surface area contributed by atoms with Crippen LogP contribution in [0.4, 0.5) is 4.39 Å². The molecule has 2 aromatic rings. The Morgan fingerprint density at radius 3 is 2.41 bits per heavy atom. The third kappa shape index (κ3) is 2.80. The molecule has 0 N–H and O–H groups in total. The van der Waals surface area contributed by atoms with Crippen LogP contribution in [-0.4, -0.2) is 5.78 Å². The Balaban J connectivity index is 2.27. The van der Waals surface area contributed by atoms with Gasteiger partial charge in [0.05, 0.1) is 5.56 Å². The zero-order valence-electron chi connectivity index (χ0n) is 8.99. The van der Waals surface area contributed by atoms with E-state index in [4.69, 9.17) is 0 Å². The van der Waals surface area contributed by atoms with E-state index >= 15 is 0 Å². The molecule has 2 rings (SSSR count). The van der Waals surface area contributed by atoms with Crippen LogP contribution in [0, 0.1) is 5.82 Å². The Bertz CT molecular complexity index is 517. The van der Waals surface area contributed by atoms with Crippen LogP contribution in [0.5, 0.6) is 0 Å². The average Bonchev–Trinajstić information content (AvgIpc) is 2.30. The van der Waals surface area contributed by atoms with Crippen molar-refractivity contribution >= 4 is 21.7 Å². The fourth-order valence-electron chi connectivity index (χ4n) is 1.63. The molecule has 1 nitrogen and oxygen atoms in total. The molecule has 17 heavy (non-hydrogen) atoms. The minimum absolute atomic E-state index is 0.122. The molecule has 0 atom stereocenters. The molecular formula is C14H10BrFO. The first-order chi connectivity index (χ1) is 8.18. The van der Waals surface area contributed by atoms with E-state index in [2.05, 4.69) is 15.9 Å². The van der Waals surface area contributed by atoms with Crippen LogP contribution in [0.1, 0.15) is 15.9 Å². The van der Waals surface area contributed by atoms with Crippen LogP contribution in [0.15, 0.2) is 53.0 Å². The van der Waals surface area contributed by atoms with Gasteiger partial charge in [-0.25, -0.2) is 4.39 Å². The minimum atomic E-state index is -0.486. The first kappa shape index (κ1) is 12.0. The minimum Gasteiger partial charge on any atom is -0.294 e. The average molecular weight is 293 g/mol. The fraction of sp³-hybridized carbons (Fsp3) is 0.0714. The summed E-state index contributed by atoms with van der Waals surface area (Å²) < 4.78 is 14.1. The van der Waals surface area contributed by atoms with E-state index < -0.39 is 5.82 Å². The third-order valence-corrected chi connectivity index (χ3v) is 3.11. The van der Waals surface area contributed by atoms with E-state index in [0.717, 1.165) is 5.56 Å². The molecule has 0 unspecified atom stereocenters. The van der Waals surface area contributed by atoms with Crippen LogP contribution < -0.4 is 0 Å². The lowest BCUT2D eigenvalue weighted by Gasteiger charge is -2.05. The summed E-state index contributed by atoms with van der Waals surface area (Å²) in [6.45, 7) is 0. The molecule has 0 heterocycles. The van der Waals surface area contributed by atoms with Crippen molar-refractivity contribution < 1.29 is 9.18 Å². The van der Waals surface area contributed by atoms with E-state index in [0.29, 0.717) is 4.47 Å². The van der Waals surface area contributed by atoms with Gasteiger partial charge >= 0.3 is 0 Å². The van der Waals surface area contributed by atoms with Crippen LogP contribution in [0.2, 0.25) is 0 Å². The largest absolute Gasteiger partial charge is 0.294 e. The number of halogens is 2. The lowest BCUT2D eigenvalue weighted by Crippen LogP contribution is -2.07. The van der Waals surface area contributed by atoms with Crippen molar-refractivity contribution in [3.05, 3.63) is 69.9 Å². The van der Waals surface area contributed by atoms with Crippen molar-refractivity contribution in [3.63, 3.8) is 0 Å².